The van der Waals surface area contributed by atoms with Crippen LogP contribution >= 0.6 is 0 Å². The number of hydrogen-bond donors (Lipinski definition) is 1. The smallest absolute Gasteiger partial charge is 0.337 e. The Hall–Kier alpha value is -1.36. The van der Waals surface area contributed by atoms with Crippen molar-refractivity contribution in [3.63, 3.8) is 0 Å². The van der Waals surface area contributed by atoms with Crippen molar-refractivity contribution < 1.29 is 18.3 Å². The van der Waals surface area contributed by atoms with Gasteiger partial charge >= 0.3 is 5.97 Å². The summed E-state index contributed by atoms with van der Waals surface area (Å²) < 4.78 is 24.1. The molecule has 0 aliphatic carbocycles. The van der Waals surface area contributed by atoms with E-state index in [1.807, 2.05) is 13.8 Å². The summed E-state index contributed by atoms with van der Waals surface area (Å²) in [6.45, 7) is 3.74. The van der Waals surface area contributed by atoms with Gasteiger partial charge in [-0.3, -0.25) is 0 Å². The molecule has 1 atom stereocenters. The molecule has 1 aromatic carbocycles. The van der Waals surface area contributed by atoms with Crippen LogP contribution in [0.2, 0.25) is 0 Å². The van der Waals surface area contributed by atoms with Crippen molar-refractivity contribution in [3.05, 3.63) is 29.8 Å². The standard InChI is InChI=1S/C12H16O4S/c1-3-9(2)8-17(15,16)11-7-5-4-6-10(11)12(13)14/h4-7,9H,3,8H2,1-2H3,(H,13,14). The lowest BCUT2D eigenvalue weighted by atomic mass is 10.2. The van der Waals surface area contributed by atoms with E-state index in [0.717, 1.165) is 6.42 Å². The summed E-state index contributed by atoms with van der Waals surface area (Å²) in [6, 6.07) is 5.72. The monoisotopic (exact) mass is 256 g/mol. The highest BCUT2D eigenvalue weighted by Gasteiger charge is 2.23. The third kappa shape index (κ3) is 3.30. The molecule has 1 aromatic rings. The molecule has 0 aliphatic heterocycles. The molecular formula is C12H16O4S. The predicted molar refractivity (Wildman–Crippen MR) is 64.9 cm³/mol. The molecule has 1 unspecified atom stereocenters. The lowest BCUT2D eigenvalue weighted by Gasteiger charge is -2.11. The minimum absolute atomic E-state index is 0.0156. The van der Waals surface area contributed by atoms with E-state index in [9.17, 15) is 13.2 Å². The van der Waals surface area contributed by atoms with Crippen molar-refractivity contribution in [3.8, 4) is 0 Å². The number of benzene rings is 1. The Labute approximate surface area is 101 Å². The molecule has 0 spiro atoms. The highest BCUT2D eigenvalue weighted by molar-refractivity contribution is 7.91. The van der Waals surface area contributed by atoms with Crippen LogP contribution in [0.25, 0.3) is 0 Å². The normalized spacial score (nSPS) is 13.3. The fourth-order valence-electron chi connectivity index (χ4n) is 1.50. The molecule has 0 fully saturated rings. The lowest BCUT2D eigenvalue weighted by Crippen LogP contribution is -2.16. The van der Waals surface area contributed by atoms with Crippen molar-refractivity contribution in [1.29, 1.82) is 0 Å². The summed E-state index contributed by atoms with van der Waals surface area (Å²) in [4.78, 5) is 10.9. The van der Waals surface area contributed by atoms with E-state index in [1.54, 1.807) is 0 Å². The summed E-state index contributed by atoms with van der Waals surface area (Å²) in [5.41, 5.74) is -0.157. The van der Waals surface area contributed by atoms with Gasteiger partial charge in [-0.2, -0.15) is 0 Å². The molecule has 0 aromatic heterocycles. The Bertz CT molecular complexity index is 505. The third-order valence-corrected chi connectivity index (χ3v) is 4.69. The first-order valence-electron chi connectivity index (χ1n) is 5.43. The van der Waals surface area contributed by atoms with Gasteiger partial charge < -0.3 is 5.11 Å². The van der Waals surface area contributed by atoms with E-state index < -0.39 is 15.8 Å². The summed E-state index contributed by atoms with van der Waals surface area (Å²) in [7, 11) is -3.53. The van der Waals surface area contributed by atoms with E-state index in [0.29, 0.717) is 0 Å². The van der Waals surface area contributed by atoms with Crippen LogP contribution in [-0.2, 0) is 9.84 Å². The molecule has 0 radical (unpaired) electrons. The quantitative estimate of drug-likeness (QED) is 0.876. The number of aromatic carboxylic acids is 1. The number of carboxylic acids is 1. The van der Waals surface area contributed by atoms with Crippen LogP contribution in [0.5, 0.6) is 0 Å². The zero-order valence-corrected chi connectivity index (χ0v) is 10.7. The van der Waals surface area contributed by atoms with Crippen LogP contribution < -0.4 is 0 Å². The largest absolute Gasteiger partial charge is 0.478 e. The first kappa shape index (κ1) is 13.7. The van der Waals surface area contributed by atoms with E-state index >= 15 is 0 Å². The summed E-state index contributed by atoms with van der Waals surface area (Å²) in [6.07, 6.45) is 0.745. The minimum atomic E-state index is -3.53. The first-order valence-corrected chi connectivity index (χ1v) is 7.08. The van der Waals surface area contributed by atoms with E-state index in [-0.39, 0.29) is 22.1 Å². The van der Waals surface area contributed by atoms with Gasteiger partial charge in [0.25, 0.3) is 0 Å². The molecule has 17 heavy (non-hydrogen) atoms. The van der Waals surface area contributed by atoms with Crippen LogP contribution in [0.3, 0.4) is 0 Å². The molecule has 4 nitrogen and oxygen atoms in total. The van der Waals surface area contributed by atoms with Crippen molar-refractivity contribution in [1.82, 2.24) is 0 Å². The fourth-order valence-corrected chi connectivity index (χ4v) is 3.44. The summed E-state index contributed by atoms with van der Waals surface area (Å²) >= 11 is 0. The molecule has 0 heterocycles. The lowest BCUT2D eigenvalue weighted by molar-refractivity contribution is 0.0692. The fraction of sp³-hybridized carbons (Fsp3) is 0.417. The Morgan fingerprint density at radius 3 is 2.47 bits per heavy atom. The average molecular weight is 256 g/mol. The van der Waals surface area contributed by atoms with Crippen molar-refractivity contribution in [2.24, 2.45) is 5.92 Å². The Balaban J connectivity index is 3.20. The number of sulfone groups is 1. The van der Waals surface area contributed by atoms with Crippen LogP contribution in [0, 0.1) is 5.92 Å². The average Bonchev–Trinajstić information content (AvgIpc) is 2.28. The second-order valence-corrected chi connectivity index (χ2v) is 6.10. The van der Waals surface area contributed by atoms with E-state index in [2.05, 4.69) is 0 Å². The van der Waals surface area contributed by atoms with Gasteiger partial charge in [0.1, 0.15) is 0 Å². The molecular weight excluding hydrogens is 240 g/mol. The van der Waals surface area contributed by atoms with Gasteiger partial charge in [0.2, 0.25) is 0 Å². The summed E-state index contributed by atoms with van der Waals surface area (Å²) in [5, 5.41) is 8.96. The second-order valence-electron chi connectivity index (χ2n) is 4.10. The summed E-state index contributed by atoms with van der Waals surface area (Å²) in [5.74, 6) is -1.22. The predicted octanol–water partition coefficient (Wildman–Crippen LogP) is 2.20. The van der Waals surface area contributed by atoms with Crippen LogP contribution in [0.15, 0.2) is 29.2 Å². The SMILES string of the molecule is CCC(C)CS(=O)(=O)c1ccccc1C(=O)O. The first-order chi connectivity index (χ1) is 7.88. The molecule has 0 saturated carbocycles. The highest BCUT2D eigenvalue weighted by Crippen LogP contribution is 2.20. The maximum Gasteiger partial charge on any atom is 0.337 e. The number of carbonyl (C=O) groups is 1. The number of hydrogen-bond acceptors (Lipinski definition) is 3. The minimum Gasteiger partial charge on any atom is -0.478 e. The number of carboxylic acid groups (broad SMARTS) is 1. The second kappa shape index (κ2) is 5.31. The van der Waals surface area contributed by atoms with Crippen LogP contribution in [-0.4, -0.2) is 25.2 Å². The molecule has 5 heteroatoms. The zero-order valence-electron chi connectivity index (χ0n) is 9.88. The van der Waals surface area contributed by atoms with Crippen LogP contribution in [0.4, 0.5) is 0 Å². The topological polar surface area (TPSA) is 71.4 Å². The molecule has 0 saturated heterocycles. The molecule has 0 aliphatic rings. The Kier molecular flexibility index (Phi) is 4.28. The zero-order chi connectivity index (χ0) is 13.1. The molecule has 1 N–H and O–H groups in total. The molecule has 0 bridgehead atoms. The third-order valence-electron chi connectivity index (χ3n) is 2.65. The van der Waals surface area contributed by atoms with E-state index in [4.69, 9.17) is 5.11 Å². The van der Waals surface area contributed by atoms with Gasteiger partial charge in [0.05, 0.1) is 16.2 Å². The highest BCUT2D eigenvalue weighted by atomic mass is 32.2. The Morgan fingerprint density at radius 1 is 1.35 bits per heavy atom. The number of rotatable bonds is 5. The molecule has 0 amide bonds. The van der Waals surface area contributed by atoms with Gasteiger partial charge in [0, 0.05) is 0 Å². The van der Waals surface area contributed by atoms with Gasteiger partial charge in [-0.05, 0) is 18.1 Å². The van der Waals surface area contributed by atoms with Gasteiger partial charge in [-0.1, -0.05) is 32.4 Å². The Morgan fingerprint density at radius 2 is 1.94 bits per heavy atom. The van der Waals surface area contributed by atoms with E-state index in [1.165, 1.54) is 24.3 Å². The van der Waals surface area contributed by atoms with Crippen molar-refractivity contribution in [2.45, 2.75) is 25.2 Å². The maximum absolute atomic E-state index is 12.1. The van der Waals surface area contributed by atoms with Gasteiger partial charge in [-0.25, -0.2) is 13.2 Å². The maximum atomic E-state index is 12.1. The van der Waals surface area contributed by atoms with Gasteiger partial charge in [0.15, 0.2) is 9.84 Å². The van der Waals surface area contributed by atoms with Crippen LogP contribution in [0.1, 0.15) is 30.6 Å². The molecule has 94 valence electrons. The van der Waals surface area contributed by atoms with Gasteiger partial charge in [-0.15, -0.1) is 0 Å². The molecule has 1 rings (SSSR count). The van der Waals surface area contributed by atoms with Crippen molar-refractivity contribution in [2.75, 3.05) is 5.75 Å². The van der Waals surface area contributed by atoms with Crippen molar-refractivity contribution >= 4 is 15.8 Å².